The number of hydrogen-bond donors (Lipinski definition) is 1. The van der Waals surface area contributed by atoms with Crippen LogP contribution in [0, 0.1) is 10.1 Å². The predicted octanol–water partition coefficient (Wildman–Crippen LogP) is 0.545. The molecule has 0 saturated heterocycles. The molecular formula is C13H14N4O4. The summed E-state index contributed by atoms with van der Waals surface area (Å²) in [5.41, 5.74) is -0.240. The van der Waals surface area contributed by atoms with E-state index in [1.54, 1.807) is 13.1 Å². The van der Waals surface area contributed by atoms with Crippen molar-refractivity contribution < 1.29 is 4.92 Å². The van der Waals surface area contributed by atoms with Gasteiger partial charge in [0.15, 0.2) is 0 Å². The van der Waals surface area contributed by atoms with Gasteiger partial charge in [0, 0.05) is 38.0 Å². The van der Waals surface area contributed by atoms with Crippen LogP contribution in [-0.2, 0) is 13.6 Å². The number of benzene rings is 1. The lowest BCUT2D eigenvalue weighted by Crippen LogP contribution is -2.38. The number of nitrogens with zero attached hydrogens (tertiary/aromatic N) is 3. The molecular weight excluding hydrogens is 276 g/mol. The molecule has 0 amide bonds. The van der Waals surface area contributed by atoms with E-state index >= 15 is 0 Å². The largest absolute Gasteiger partial charge is 0.382 e. The molecule has 0 bridgehead atoms. The highest BCUT2D eigenvalue weighted by Gasteiger charge is 2.17. The Balaban J connectivity index is 2.58. The first-order chi connectivity index (χ1) is 9.95. The monoisotopic (exact) mass is 290 g/mol. The number of aromatic nitrogens is 2. The molecule has 0 saturated carbocycles. The van der Waals surface area contributed by atoms with Crippen LogP contribution in [0.25, 0.3) is 0 Å². The van der Waals surface area contributed by atoms with Gasteiger partial charge in [0.1, 0.15) is 5.69 Å². The molecule has 21 heavy (non-hydrogen) atoms. The van der Waals surface area contributed by atoms with Crippen molar-refractivity contribution in [3.63, 3.8) is 0 Å². The Hall–Kier alpha value is -2.90. The lowest BCUT2D eigenvalue weighted by atomic mass is 10.1. The molecule has 0 aliphatic heterocycles. The van der Waals surface area contributed by atoms with Gasteiger partial charge in [-0.3, -0.25) is 19.5 Å². The average Bonchev–Trinajstić information content (AvgIpc) is 2.47. The summed E-state index contributed by atoms with van der Waals surface area (Å²) >= 11 is 0. The topological polar surface area (TPSA) is 99.2 Å². The van der Waals surface area contributed by atoms with Gasteiger partial charge in [-0.1, -0.05) is 12.1 Å². The molecule has 1 aromatic heterocycles. The zero-order chi connectivity index (χ0) is 15.6. The number of nitrogens with one attached hydrogen (secondary N) is 1. The normalized spacial score (nSPS) is 10.4. The fraction of sp³-hybridized carbons (Fsp3) is 0.231. The molecule has 0 aliphatic rings. The quantitative estimate of drug-likeness (QED) is 0.654. The SMILES string of the molecule is CNc1c(Cn2c(=O)ccn(C)c2=O)cccc1[N+](=O)[O-]. The Morgan fingerprint density at radius 2 is 2.00 bits per heavy atom. The van der Waals surface area contributed by atoms with E-state index in [-0.39, 0.29) is 12.2 Å². The van der Waals surface area contributed by atoms with Gasteiger partial charge in [-0.25, -0.2) is 4.79 Å². The van der Waals surface area contributed by atoms with Gasteiger partial charge in [0.25, 0.3) is 11.2 Å². The van der Waals surface area contributed by atoms with Gasteiger partial charge in [-0.15, -0.1) is 0 Å². The van der Waals surface area contributed by atoms with Crippen LogP contribution in [0.5, 0.6) is 0 Å². The number of anilines is 1. The summed E-state index contributed by atoms with van der Waals surface area (Å²) in [5.74, 6) is 0. The van der Waals surface area contributed by atoms with E-state index in [1.165, 1.54) is 36.0 Å². The van der Waals surface area contributed by atoms with Gasteiger partial charge in [0.05, 0.1) is 11.5 Å². The number of nitro benzene ring substituents is 1. The van der Waals surface area contributed by atoms with E-state index in [0.717, 1.165) is 4.57 Å². The maximum Gasteiger partial charge on any atom is 0.331 e. The Bertz CT molecular complexity index is 807. The fourth-order valence-corrected chi connectivity index (χ4v) is 2.09. The second kappa shape index (κ2) is 5.61. The maximum atomic E-state index is 12.0. The minimum Gasteiger partial charge on any atom is -0.382 e. The fourth-order valence-electron chi connectivity index (χ4n) is 2.09. The smallest absolute Gasteiger partial charge is 0.331 e. The first kappa shape index (κ1) is 14.5. The van der Waals surface area contributed by atoms with Gasteiger partial charge >= 0.3 is 5.69 Å². The molecule has 0 spiro atoms. The lowest BCUT2D eigenvalue weighted by Gasteiger charge is -2.11. The number of para-hydroxylation sites is 1. The van der Waals surface area contributed by atoms with E-state index in [4.69, 9.17) is 0 Å². The van der Waals surface area contributed by atoms with Gasteiger partial charge < -0.3 is 9.88 Å². The highest BCUT2D eigenvalue weighted by Crippen LogP contribution is 2.27. The van der Waals surface area contributed by atoms with Gasteiger partial charge in [-0.05, 0) is 0 Å². The summed E-state index contributed by atoms with van der Waals surface area (Å²) in [6.07, 6.45) is 1.38. The molecule has 2 aromatic rings. The molecule has 1 heterocycles. The van der Waals surface area contributed by atoms with Crippen molar-refractivity contribution in [3.8, 4) is 0 Å². The second-order valence-corrected chi connectivity index (χ2v) is 4.45. The first-order valence-electron chi connectivity index (χ1n) is 6.16. The Morgan fingerprint density at radius 1 is 1.29 bits per heavy atom. The van der Waals surface area contributed by atoms with Crippen molar-refractivity contribution in [1.29, 1.82) is 0 Å². The van der Waals surface area contributed by atoms with Crippen molar-refractivity contribution in [1.82, 2.24) is 9.13 Å². The molecule has 8 heteroatoms. The maximum absolute atomic E-state index is 12.0. The van der Waals surface area contributed by atoms with Crippen LogP contribution in [-0.4, -0.2) is 21.1 Å². The predicted molar refractivity (Wildman–Crippen MR) is 77.7 cm³/mol. The first-order valence-corrected chi connectivity index (χ1v) is 6.16. The lowest BCUT2D eigenvalue weighted by molar-refractivity contribution is -0.384. The van der Waals surface area contributed by atoms with Gasteiger partial charge in [-0.2, -0.15) is 0 Å². The van der Waals surface area contributed by atoms with Crippen molar-refractivity contribution >= 4 is 11.4 Å². The molecule has 0 atom stereocenters. The van der Waals surface area contributed by atoms with Crippen molar-refractivity contribution in [2.45, 2.75) is 6.54 Å². The van der Waals surface area contributed by atoms with E-state index in [1.807, 2.05) is 0 Å². The Labute approximate surface area is 119 Å². The highest BCUT2D eigenvalue weighted by molar-refractivity contribution is 5.66. The summed E-state index contributed by atoms with van der Waals surface area (Å²) in [7, 11) is 3.09. The third-order valence-corrected chi connectivity index (χ3v) is 3.14. The minimum absolute atomic E-state index is 0.0375. The highest BCUT2D eigenvalue weighted by atomic mass is 16.6. The average molecular weight is 290 g/mol. The third-order valence-electron chi connectivity index (χ3n) is 3.14. The molecule has 0 aliphatic carbocycles. The molecule has 1 aromatic carbocycles. The summed E-state index contributed by atoms with van der Waals surface area (Å²) in [5, 5.41) is 13.8. The second-order valence-electron chi connectivity index (χ2n) is 4.45. The molecule has 8 nitrogen and oxygen atoms in total. The van der Waals surface area contributed by atoms with Crippen LogP contribution in [0.4, 0.5) is 11.4 Å². The Kier molecular flexibility index (Phi) is 3.88. The van der Waals surface area contributed by atoms with E-state index in [9.17, 15) is 19.7 Å². The van der Waals surface area contributed by atoms with Crippen molar-refractivity contribution in [2.75, 3.05) is 12.4 Å². The zero-order valence-electron chi connectivity index (χ0n) is 11.6. The van der Waals surface area contributed by atoms with Crippen molar-refractivity contribution in [3.05, 3.63) is 67.0 Å². The van der Waals surface area contributed by atoms with E-state index in [0.29, 0.717) is 11.3 Å². The minimum atomic E-state index is -0.513. The van der Waals surface area contributed by atoms with Gasteiger partial charge in [0.2, 0.25) is 0 Å². The van der Waals surface area contributed by atoms with Crippen LogP contribution in [0.15, 0.2) is 40.1 Å². The van der Waals surface area contributed by atoms with E-state index in [2.05, 4.69) is 5.32 Å². The summed E-state index contributed by atoms with van der Waals surface area (Å²) in [6, 6.07) is 5.80. The van der Waals surface area contributed by atoms with E-state index < -0.39 is 16.2 Å². The van der Waals surface area contributed by atoms with Crippen LogP contribution < -0.4 is 16.6 Å². The molecule has 110 valence electrons. The van der Waals surface area contributed by atoms with Crippen molar-refractivity contribution in [2.24, 2.45) is 7.05 Å². The van der Waals surface area contributed by atoms with Crippen LogP contribution >= 0.6 is 0 Å². The third kappa shape index (κ3) is 2.69. The van der Waals surface area contributed by atoms with Crippen LogP contribution in [0.2, 0.25) is 0 Å². The summed E-state index contributed by atoms with van der Waals surface area (Å²) in [6.45, 7) is -0.0375. The number of aryl methyl sites for hydroxylation is 1. The van der Waals surface area contributed by atoms with Crippen LogP contribution in [0.1, 0.15) is 5.56 Å². The summed E-state index contributed by atoms with van der Waals surface area (Å²) in [4.78, 5) is 34.3. The molecule has 0 radical (unpaired) electrons. The Morgan fingerprint density at radius 3 is 2.62 bits per heavy atom. The molecule has 2 rings (SSSR count). The number of nitro groups is 1. The molecule has 0 unspecified atom stereocenters. The number of hydrogen-bond acceptors (Lipinski definition) is 5. The summed E-state index contributed by atoms with van der Waals surface area (Å²) < 4.78 is 2.30. The van der Waals surface area contributed by atoms with Crippen LogP contribution in [0.3, 0.4) is 0 Å². The molecule has 1 N–H and O–H groups in total. The molecule has 0 fully saturated rings. The number of rotatable bonds is 4. The zero-order valence-corrected chi connectivity index (χ0v) is 11.6. The standard InChI is InChI=1S/C13H14N4O4/c1-14-12-9(4-3-5-10(12)17(20)21)8-16-11(18)6-7-15(2)13(16)19/h3-7,14H,8H2,1-2H3.